The summed E-state index contributed by atoms with van der Waals surface area (Å²) < 4.78 is 10.6. The first-order valence-corrected chi connectivity index (χ1v) is 7.95. The molecule has 5 heteroatoms. The van der Waals surface area contributed by atoms with Crippen LogP contribution in [0.3, 0.4) is 0 Å². The molecule has 0 fully saturated rings. The van der Waals surface area contributed by atoms with E-state index in [1.54, 1.807) is 18.2 Å². The highest BCUT2D eigenvalue weighted by molar-refractivity contribution is 6.02. The average Bonchev–Trinajstić information content (AvgIpc) is 3.06. The van der Waals surface area contributed by atoms with Crippen molar-refractivity contribution in [2.45, 2.75) is 20.3 Å². The molecule has 24 heavy (non-hydrogen) atoms. The Morgan fingerprint density at radius 2 is 1.83 bits per heavy atom. The number of ether oxygens (including phenoxy) is 2. The molecule has 5 nitrogen and oxygen atoms in total. The lowest BCUT2D eigenvalue weighted by Gasteiger charge is -2.10. The third-order valence-electron chi connectivity index (χ3n) is 3.64. The molecule has 0 aromatic heterocycles. The number of benzene rings is 2. The Bertz CT molecular complexity index is 754. The molecule has 2 aromatic carbocycles. The second-order valence-electron chi connectivity index (χ2n) is 6.03. The van der Waals surface area contributed by atoms with Crippen LogP contribution in [0.25, 0.3) is 0 Å². The van der Waals surface area contributed by atoms with Gasteiger partial charge in [-0.2, -0.15) is 5.10 Å². The van der Waals surface area contributed by atoms with Crippen molar-refractivity contribution >= 4 is 11.6 Å². The number of nitrogens with zero attached hydrogens (tertiary/aromatic N) is 1. The lowest BCUT2D eigenvalue weighted by molar-refractivity contribution is 0.0954. The first kappa shape index (κ1) is 16.1. The third kappa shape index (κ3) is 3.74. The van der Waals surface area contributed by atoms with Gasteiger partial charge in [0, 0.05) is 5.56 Å². The Balaban J connectivity index is 1.77. The average molecular weight is 324 g/mol. The van der Waals surface area contributed by atoms with E-state index in [1.807, 2.05) is 30.3 Å². The van der Waals surface area contributed by atoms with Gasteiger partial charge < -0.3 is 9.47 Å². The highest BCUT2D eigenvalue weighted by Crippen LogP contribution is 2.32. The number of amides is 1. The molecular weight excluding hydrogens is 304 g/mol. The van der Waals surface area contributed by atoms with E-state index in [-0.39, 0.29) is 12.7 Å². The molecule has 1 amide bonds. The molecule has 0 bridgehead atoms. The van der Waals surface area contributed by atoms with Gasteiger partial charge in [0.25, 0.3) is 5.91 Å². The van der Waals surface area contributed by atoms with Gasteiger partial charge in [0.1, 0.15) is 0 Å². The largest absolute Gasteiger partial charge is 0.454 e. The lowest BCUT2D eigenvalue weighted by atomic mass is 10.0. The van der Waals surface area contributed by atoms with Crippen LogP contribution < -0.4 is 14.9 Å². The maximum Gasteiger partial charge on any atom is 0.271 e. The number of fused-ring (bicyclic) bond motifs is 1. The quantitative estimate of drug-likeness (QED) is 0.675. The van der Waals surface area contributed by atoms with E-state index in [9.17, 15) is 4.79 Å². The van der Waals surface area contributed by atoms with Gasteiger partial charge in [-0.25, -0.2) is 5.43 Å². The van der Waals surface area contributed by atoms with Gasteiger partial charge in [-0.15, -0.1) is 0 Å². The highest BCUT2D eigenvalue weighted by atomic mass is 16.7. The van der Waals surface area contributed by atoms with Gasteiger partial charge in [-0.1, -0.05) is 44.2 Å². The zero-order valence-electron chi connectivity index (χ0n) is 13.8. The van der Waals surface area contributed by atoms with Gasteiger partial charge in [0.15, 0.2) is 11.5 Å². The molecule has 124 valence electrons. The van der Waals surface area contributed by atoms with Crippen molar-refractivity contribution in [3.8, 4) is 11.5 Å². The van der Waals surface area contributed by atoms with E-state index in [1.165, 1.54) is 0 Å². The number of hydrogen-bond donors (Lipinski definition) is 1. The molecule has 1 N–H and O–H groups in total. The van der Waals surface area contributed by atoms with Crippen LogP contribution in [-0.4, -0.2) is 18.4 Å². The summed E-state index contributed by atoms with van der Waals surface area (Å²) in [5.41, 5.74) is 5.00. The standard InChI is InChI=1S/C19H20N2O3/c1-13(2)10-16(14-6-4-3-5-7-14)20-21-19(22)15-8-9-17-18(11-15)24-12-23-17/h3-9,11,13H,10,12H2,1-2H3,(H,21,22)/b20-16+. The van der Waals surface area contributed by atoms with Gasteiger partial charge >= 0.3 is 0 Å². The molecule has 2 aromatic rings. The molecule has 1 aliphatic heterocycles. The van der Waals surface area contributed by atoms with Gasteiger partial charge in [-0.3, -0.25) is 4.79 Å². The Morgan fingerprint density at radius 3 is 2.58 bits per heavy atom. The normalized spacial score (nSPS) is 13.2. The lowest BCUT2D eigenvalue weighted by Crippen LogP contribution is -2.20. The smallest absolute Gasteiger partial charge is 0.271 e. The summed E-state index contributed by atoms with van der Waals surface area (Å²) >= 11 is 0. The molecule has 0 saturated heterocycles. The molecule has 0 aliphatic carbocycles. The van der Waals surface area contributed by atoms with Crippen LogP contribution in [0.15, 0.2) is 53.6 Å². The van der Waals surface area contributed by atoms with Crippen molar-refractivity contribution in [2.75, 3.05) is 6.79 Å². The van der Waals surface area contributed by atoms with Crippen molar-refractivity contribution < 1.29 is 14.3 Å². The van der Waals surface area contributed by atoms with Crippen molar-refractivity contribution in [1.82, 2.24) is 5.43 Å². The van der Waals surface area contributed by atoms with Crippen molar-refractivity contribution in [3.63, 3.8) is 0 Å². The molecule has 0 saturated carbocycles. The van der Waals surface area contributed by atoms with Crippen molar-refractivity contribution in [1.29, 1.82) is 0 Å². The summed E-state index contributed by atoms with van der Waals surface area (Å²) in [6.45, 7) is 4.43. The summed E-state index contributed by atoms with van der Waals surface area (Å²) in [6, 6.07) is 15.0. The summed E-state index contributed by atoms with van der Waals surface area (Å²) in [5, 5.41) is 4.35. The topological polar surface area (TPSA) is 59.9 Å². The van der Waals surface area contributed by atoms with E-state index in [2.05, 4.69) is 24.4 Å². The first-order chi connectivity index (χ1) is 11.6. The number of nitrogens with one attached hydrogen (secondary N) is 1. The van der Waals surface area contributed by atoms with Crippen LogP contribution in [0.4, 0.5) is 0 Å². The van der Waals surface area contributed by atoms with Crippen LogP contribution in [0, 0.1) is 5.92 Å². The molecule has 0 spiro atoms. The predicted molar refractivity (Wildman–Crippen MR) is 92.5 cm³/mol. The van der Waals surface area contributed by atoms with Gasteiger partial charge in [0.2, 0.25) is 6.79 Å². The van der Waals surface area contributed by atoms with Crippen LogP contribution in [0.5, 0.6) is 11.5 Å². The second-order valence-corrected chi connectivity index (χ2v) is 6.03. The minimum absolute atomic E-state index is 0.186. The van der Waals surface area contributed by atoms with Crippen LogP contribution in [0.2, 0.25) is 0 Å². The Kier molecular flexibility index (Phi) is 4.79. The zero-order chi connectivity index (χ0) is 16.9. The zero-order valence-corrected chi connectivity index (χ0v) is 13.8. The van der Waals surface area contributed by atoms with Crippen molar-refractivity contribution in [3.05, 3.63) is 59.7 Å². The minimum Gasteiger partial charge on any atom is -0.454 e. The minimum atomic E-state index is -0.273. The fourth-order valence-electron chi connectivity index (χ4n) is 2.47. The third-order valence-corrected chi connectivity index (χ3v) is 3.64. The maximum absolute atomic E-state index is 12.4. The summed E-state index contributed by atoms with van der Waals surface area (Å²) in [5.74, 6) is 1.40. The second kappa shape index (κ2) is 7.17. The predicted octanol–water partition coefficient (Wildman–Crippen LogP) is 3.60. The van der Waals surface area contributed by atoms with E-state index in [0.717, 1.165) is 17.7 Å². The van der Waals surface area contributed by atoms with E-state index in [4.69, 9.17) is 9.47 Å². The number of carbonyl (C=O) groups excluding carboxylic acids is 1. The molecule has 0 atom stereocenters. The Hall–Kier alpha value is -2.82. The van der Waals surface area contributed by atoms with Gasteiger partial charge in [0.05, 0.1) is 5.71 Å². The number of hydrogen-bond acceptors (Lipinski definition) is 4. The maximum atomic E-state index is 12.4. The van der Waals surface area contributed by atoms with Gasteiger partial charge in [-0.05, 0) is 36.1 Å². The summed E-state index contributed by atoms with van der Waals surface area (Å²) in [6.07, 6.45) is 0.783. The molecule has 1 aliphatic rings. The molecule has 3 rings (SSSR count). The monoisotopic (exact) mass is 324 g/mol. The van der Waals surface area contributed by atoms with Crippen LogP contribution in [0.1, 0.15) is 36.2 Å². The highest BCUT2D eigenvalue weighted by Gasteiger charge is 2.16. The summed E-state index contributed by atoms with van der Waals surface area (Å²) in [4.78, 5) is 12.4. The Labute approximate surface area is 141 Å². The fraction of sp³-hybridized carbons (Fsp3) is 0.263. The summed E-state index contributed by atoms with van der Waals surface area (Å²) in [7, 11) is 0. The Morgan fingerprint density at radius 1 is 1.08 bits per heavy atom. The van der Waals surface area contributed by atoms with Crippen LogP contribution in [-0.2, 0) is 0 Å². The van der Waals surface area contributed by atoms with E-state index < -0.39 is 0 Å². The van der Waals surface area contributed by atoms with Crippen molar-refractivity contribution in [2.24, 2.45) is 11.0 Å². The molecule has 0 unspecified atom stereocenters. The van der Waals surface area contributed by atoms with E-state index in [0.29, 0.717) is 23.0 Å². The van der Waals surface area contributed by atoms with E-state index >= 15 is 0 Å². The number of hydrazone groups is 1. The molecule has 0 radical (unpaired) electrons. The molecular formula is C19H20N2O3. The fourth-order valence-corrected chi connectivity index (χ4v) is 2.47. The SMILES string of the molecule is CC(C)C/C(=N\NC(=O)c1ccc2c(c1)OCO2)c1ccccc1. The van der Waals surface area contributed by atoms with Crippen LogP contribution >= 0.6 is 0 Å². The number of carbonyl (C=O) groups is 1. The molecule has 1 heterocycles. The first-order valence-electron chi connectivity index (χ1n) is 7.95. The number of rotatable bonds is 5.